The molecule has 3 aromatic rings. The predicted octanol–water partition coefficient (Wildman–Crippen LogP) is 2.19. The smallest absolute Gasteiger partial charge is 0.355 e. The highest BCUT2D eigenvalue weighted by atomic mass is 16.5. The summed E-state index contributed by atoms with van der Waals surface area (Å²) in [7, 11) is 1.33. The summed E-state index contributed by atoms with van der Waals surface area (Å²) in [5.41, 5.74) is 7.76. The van der Waals surface area contributed by atoms with E-state index in [0.29, 0.717) is 17.0 Å². The summed E-state index contributed by atoms with van der Waals surface area (Å²) in [6, 6.07) is 7.56. The van der Waals surface area contributed by atoms with Crippen LogP contribution in [-0.4, -0.2) is 23.0 Å². The number of nitrogens with two attached hydrogens (primary N) is 1. The molecule has 3 rings (SSSR count). The van der Waals surface area contributed by atoms with Crippen LogP contribution in [0.15, 0.2) is 34.9 Å². The van der Waals surface area contributed by atoms with E-state index in [1.807, 2.05) is 24.3 Å². The maximum Gasteiger partial charge on any atom is 0.355 e. The molecule has 0 aliphatic carbocycles. The van der Waals surface area contributed by atoms with Crippen LogP contribution in [0.5, 0.6) is 0 Å². The minimum absolute atomic E-state index is 0.0519. The fraction of sp³-hybridized carbons (Fsp3) is 0.0769. The van der Waals surface area contributed by atoms with Crippen molar-refractivity contribution in [2.45, 2.75) is 0 Å². The van der Waals surface area contributed by atoms with Gasteiger partial charge in [-0.15, -0.1) is 0 Å². The van der Waals surface area contributed by atoms with Crippen LogP contribution in [0.25, 0.3) is 22.2 Å². The van der Waals surface area contributed by atoms with Gasteiger partial charge in [-0.05, 0) is 6.07 Å². The molecular formula is C13H11N3O3. The van der Waals surface area contributed by atoms with E-state index < -0.39 is 5.97 Å². The minimum atomic E-state index is -0.465. The summed E-state index contributed by atoms with van der Waals surface area (Å²) in [5.74, 6) is -0.465. The Labute approximate surface area is 108 Å². The molecule has 0 bridgehead atoms. The van der Waals surface area contributed by atoms with Gasteiger partial charge in [-0.1, -0.05) is 18.2 Å². The van der Waals surface area contributed by atoms with Crippen molar-refractivity contribution in [3.05, 3.63) is 36.2 Å². The molecule has 96 valence electrons. The third-order valence-corrected chi connectivity index (χ3v) is 2.87. The zero-order valence-corrected chi connectivity index (χ0v) is 10.1. The van der Waals surface area contributed by atoms with Gasteiger partial charge in [0.1, 0.15) is 17.7 Å². The summed E-state index contributed by atoms with van der Waals surface area (Å²) in [5, 5.41) is 0.858. The Kier molecular flexibility index (Phi) is 2.49. The van der Waals surface area contributed by atoms with E-state index in [4.69, 9.17) is 14.9 Å². The second-order valence-electron chi connectivity index (χ2n) is 3.98. The second kappa shape index (κ2) is 4.16. The number of H-pyrrole nitrogens is 1. The molecule has 6 heteroatoms. The van der Waals surface area contributed by atoms with Gasteiger partial charge >= 0.3 is 5.97 Å². The molecule has 3 N–H and O–H groups in total. The lowest BCUT2D eigenvalue weighted by Crippen LogP contribution is -2.03. The van der Waals surface area contributed by atoms with E-state index in [0.717, 1.165) is 10.9 Å². The standard InChI is InChI=1S/C13H11N3O3/c1-18-12(17)11-10(9-6-19-13(14)16-9)7-4-2-3-5-8(7)15-11/h2-6,15H,1H3,(H2,14,16). The molecule has 0 amide bonds. The number of aromatic nitrogens is 2. The van der Waals surface area contributed by atoms with Crippen molar-refractivity contribution in [3.8, 4) is 11.3 Å². The molecule has 1 aromatic carbocycles. The number of para-hydroxylation sites is 1. The molecule has 0 saturated carbocycles. The van der Waals surface area contributed by atoms with Crippen molar-refractivity contribution in [1.29, 1.82) is 0 Å². The zero-order chi connectivity index (χ0) is 13.4. The number of hydrogen-bond acceptors (Lipinski definition) is 5. The highest BCUT2D eigenvalue weighted by Crippen LogP contribution is 2.32. The topological polar surface area (TPSA) is 94.1 Å². The largest absolute Gasteiger partial charge is 0.464 e. The Morgan fingerprint density at radius 2 is 2.21 bits per heavy atom. The first kappa shape index (κ1) is 11.3. The lowest BCUT2D eigenvalue weighted by molar-refractivity contribution is 0.0596. The van der Waals surface area contributed by atoms with Gasteiger partial charge in [0, 0.05) is 16.5 Å². The number of esters is 1. The predicted molar refractivity (Wildman–Crippen MR) is 69.5 cm³/mol. The zero-order valence-electron chi connectivity index (χ0n) is 10.1. The van der Waals surface area contributed by atoms with E-state index in [1.54, 1.807) is 0 Å². The number of nitrogens with one attached hydrogen (secondary N) is 1. The number of oxazole rings is 1. The van der Waals surface area contributed by atoms with E-state index in [-0.39, 0.29) is 6.01 Å². The van der Waals surface area contributed by atoms with E-state index in [2.05, 4.69) is 9.97 Å². The van der Waals surface area contributed by atoms with Crippen molar-refractivity contribution < 1.29 is 13.9 Å². The second-order valence-corrected chi connectivity index (χ2v) is 3.98. The molecule has 0 saturated heterocycles. The van der Waals surface area contributed by atoms with E-state index in [1.165, 1.54) is 13.4 Å². The normalized spacial score (nSPS) is 10.8. The third kappa shape index (κ3) is 1.74. The summed E-state index contributed by atoms with van der Waals surface area (Å²) in [6.07, 6.45) is 1.41. The summed E-state index contributed by atoms with van der Waals surface area (Å²) in [4.78, 5) is 18.9. The molecule has 0 spiro atoms. The van der Waals surface area contributed by atoms with Crippen LogP contribution < -0.4 is 5.73 Å². The number of carbonyl (C=O) groups excluding carboxylic acids is 1. The highest BCUT2D eigenvalue weighted by molar-refractivity contribution is 6.07. The molecular weight excluding hydrogens is 246 g/mol. The monoisotopic (exact) mass is 257 g/mol. The number of nitrogen functional groups attached to an aromatic ring is 1. The van der Waals surface area contributed by atoms with Crippen molar-refractivity contribution in [1.82, 2.24) is 9.97 Å². The van der Waals surface area contributed by atoms with Gasteiger partial charge in [0.15, 0.2) is 0 Å². The fourth-order valence-corrected chi connectivity index (χ4v) is 2.07. The number of methoxy groups -OCH3 is 1. The van der Waals surface area contributed by atoms with Gasteiger partial charge in [-0.3, -0.25) is 0 Å². The average molecular weight is 257 g/mol. The molecule has 19 heavy (non-hydrogen) atoms. The van der Waals surface area contributed by atoms with Crippen molar-refractivity contribution >= 4 is 22.9 Å². The maximum atomic E-state index is 11.8. The average Bonchev–Trinajstić information content (AvgIpc) is 3.00. The van der Waals surface area contributed by atoms with Crippen LogP contribution in [0.3, 0.4) is 0 Å². The van der Waals surface area contributed by atoms with Gasteiger partial charge in [0.05, 0.1) is 7.11 Å². The van der Waals surface area contributed by atoms with Gasteiger partial charge < -0.3 is 19.9 Å². The Hall–Kier alpha value is -2.76. The number of nitrogens with zero attached hydrogens (tertiary/aromatic N) is 1. The number of anilines is 1. The van der Waals surface area contributed by atoms with Crippen LogP contribution >= 0.6 is 0 Å². The van der Waals surface area contributed by atoms with Gasteiger partial charge in [-0.2, -0.15) is 4.98 Å². The van der Waals surface area contributed by atoms with Crippen molar-refractivity contribution in [2.75, 3.05) is 12.8 Å². The molecule has 2 heterocycles. The summed E-state index contributed by atoms with van der Waals surface area (Å²) < 4.78 is 9.78. The van der Waals surface area contributed by atoms with Crippen LogP contribution in [0, 0.1) is 0 Å². The number of carbonyl (C=O) groups is 1. The van der Waals surface area contributed by atoms with Crippen LogP contribution in [-0.2, 0) is 4.74 Å². The summed E-state index contributed by atoms with van der Waals surface area (Å²) in [6.45, 7) is 0. The third-order valence-electron chi connectivity index (χ3n) is 2.87. The van der Waals surface area contributed by atoms with Gasteiger partial charge in [-0.25, -0.2) is 4.79 Å². The van der Waals surface area contributed by atoms with Crippen LogP contribution in [0.1, 0.15) is 10.5 Å². The molecule has 0 unspecified atom stereocenters. The molecule has 0 fully saturated rings. The SMILES string of the molecule is COC(=O)c1[nH]c2ccccc2c1-c1coc(N)n1. The Balaban J connectivity index is 2.33. The minimum Gasteiger partial charge on any atom is -0.464 e. The maximum absolute atomic E-state index is 11.8. The fourth-order valence-electron chi connectivity index (χ4n) is 2.07. The molecule has 0 aliphatic rings. The van der Waals surface area contributed by atoms with E-state index >= 15 is 0 Å². The number of fused-ring (bicyclic) bond motifs is 1. The van der Waals surface area contributed by atoms with Crippen molar-refractivity contribution in [2.24, 2.45) is 0 Å². The lowest BCUT2D eigenvalue weighted by Gasteiger charge is -1.99. The quantitative estimate of drug-likeness (QED) is 0.686. The van der Waals surface area contributed by atoms with E-state index in [9.17, 15) is 4.79 Å². The highest BCUT2D eigenvalue weighted by Gasteiger charge is 2.21. The first-order chi connectivity index (χ1) is 9.20. The number of benzene rings is 1. The number of hydrogen-bond donors (Lipinski definition) is 2. The molecule has 2 aromatic heterocycles. The first-order valence-electron chi connectivity index (χ1n) is 5.61. The van der Waals surface area contributed by atoms with Crippen LogP contribution in [0.4, 0.5) is 6.01 Å². The Bertz CT molecular complexity index is 757. The van der Waals surface area contributed by atoms with Crippen LogP contribution in [0.2, 0.25) is 0 Å². The first-order valence-corrected chi connectivity index (χ1v) is 5.61. The Morgan fingerprint density at radius 1 is 1.42 bits per heavy atom. The summed E-state index contributed by atoms with van der Waals surface area (Å²) >= 11 is 0. The molecule has 6 nitrogen and oxygen atoms in total. The molecule has 0 aliphatic heterocycles. The molecule has 0 radical (unpaired) electrons. The number of rotatable bonds is 2. The number of aromatic amines is 1. The van der Waals surface area contributed by atoms with Gasteiger partial charge in [0.2, 0.25) is 0 Å². The lowest BCUT2D eigenvalue weighted by atomic mass is 10.1. The van der Waals surface area contributed by atoms with Crippen molar-refractivity contribution in [3.63, 3.8) is 0 Å². The molecule has 0 atom stereocenters. The Morgan fingerprint density at radius 3 is 2.89 bits per heavy atom. The van der Waals surface area contributed by atoms with Gasteiger partial charge in [0.25, 0.3) is 6.01 Å². The number of ether oxygens (including phenoxy) is 1.